The first-order chi connectivity index (χ1) is 36.3. The zero-order valence-corrected chi connectivity index (χ0v) is 47.7. The maximum atomic E-state index is 9.36. The van der Waals surface area contributed by atoms with E-state index in [0.29, 0.717) is 17.2 Å². The molecule has 0 bridgehead atoms. The second kappa shape index (κ2) is 63.5. The Kier molecular flexibility index (Phi) is 62.3. The first kappa shape index (κ1) is 72.6. The Bertz CT molecular complexity index is 1790. The SMILES string of the molecule is C=CC/C=C\CCCCCCCc1cccc(O)c1.C=CCC=C.C=CCCCCCCCCCc1cccc(O)c1.C=CCCCCCCCc1cccc(O)c1.CC.[CH+]=CCCCCCC.c1ccccc1. The Labute approximate surface area is 457 Å². The van der Waals surface area contributed by atoms with Crippen LogP contribution in [0.15, 0.2) is 191 Å². The number of rotatable bonds is 35. The minimum atomic E-state index is 0.378. The smallest absolute Gasteiger partial charge is 0.201 e. The van der Waals surface area contributed by atoms with E-state index in [2.05, 4.69) is 70.2 Å². The van der Waals surface area contributed by atoms with Crippen LogP contribution in [0.25, 0.3) is 0 Å². The van der Waals surface area contributed by atoms with Crippen LogP contribution < -0.4 is 0 Å². The quantitative estimate of drug-likeness (QED) is 0.0244. The summed E-state index contributed by atoms with van der Waals surface area (Å²) in [5.41, 5.74) is 3.74. The average Bonchev–Trinajstić information content (AvgIpc) is 3.42. The summed E-state index contributed by atoms with van der Waals surface area (Å²) in [5, 5.41) is 28.0. The highest BCUT2D eigenvalue weighted by Gasteiger charge is 1.98. The fourth-order valence-corrected chi connectivity index (χ4v) is 7.41. The van der Waals surface area contributed by atoms with Gasteiger partial charge < -0.3 is 15.3 Å². The number of benzene rings is 4. The van der Waals surface area contributed by atoms with Crippen LogP contribution in [0.1, 0.15) is 211 Å². The molecule has 3 nitrogen and oxygen atoms in total. The monoisotopic (exact) mass is 1010 g/mol. The van der Waals surface area contributed by atoms with Gasteiger partial charge >= 0.3 is 0 Å². The molecule has 4 aromatic rings. The van der Waals surface area contributed by atoms with Crippen LogP contribution in [0, 0.1) is 6.58 Å². The largest absolute Gasteiger partial charge is 0.508 e. The van der Waals surface area contributed by atoms with E-state index in [1.807, 2.05) is 117 Å². The summed E-state index contributed by atoms with van der Waals surface area (Å²) in [6, 6.07) is 34.8. The van der Waals surface area contributed by atoms with Crippen molar-refractivity contribution in [3.63, 3.8) is 0 Å². The third kappa shape index (κ3) is 58.9. The summed E-state index contributed by atoms with van der Waals surface area (Å²) in [6.07, 6.45) is 52.8. The number of hydrogen-bond acceptors (Lipinski definition) is 3. The van der Waals surface area contributed by atoms with Crippen LogP contribution in [0.2, 0.25) is 0 Å². The van der Waals surface area contributed by atoms with Crippen molar-refractivity contribution in [1.29, 1.82) is 0 Å². The van der Waals surface area contributed by atoms with Gasteiger partial charge in [0.15, 0.2) is 6.08 Å². The molecule has 0 atom stereocenters. The van der Waals surface area contributed by atoms with Crippen LogP contribution in [0.3, 0.4) is 0 Å². The van der Waals surface area contributed by atoms with Crippen molar-refractivity contribution >= 4 is 0 Å². The van der Waals surface area contributed by atoms with Gasteiger partial charge in [-0.1, -0.05) is 226 Å². The van der Waals surface area contributed by atoms with Gasteiger partial charge in [0.05, 0.1) is 0 Å². The molecule has 0 aliphatic rings. The molecule has 4 rings (SSSR count). The van der Waals surface area contributed by atoms with E-state index < -0.39 is 0 Å². The molecule has 3 N–H and O–H groups in total. The van der Waals surface area contributed by atoms with Crippen molar-refractivity contribution in [3.8, 4) is 17.2 Å². The molecule has 4 aromatic carbocycles. The summed E-state index contributed by atoms with van der Waals surface area (Å²) in [5.74, 6) is 1.14. The Morgan fingerprint density at radius 3 is 0.959 bits per heavy atom. The summed E-state index contributed by atoms with van der Waals surface area (Å²) in [7, 11) is 0. The Morgan fingerprint density at radius 1 is 0.351 bits per heavy atom. The predicted octanol–water partition coefficient (Wildman–Crippen LogP) is 22.5. The van der Waals surface area contributed by atoms with Gasteiger partial charge in [0.2, 0.25) is 6.58 Å². The van der Waals surface area contributed by atoms with Crippen molar-refractivity contribution in [1.82, 2.24) is 0 Å². The number of phenols is 3. The van der Waals surface area contributed by atoms with Gasteiger partial charge in [-0.05, 0) is 149 Å². The Hall–Kier alpha value is -5.63. The number of allylic oxidation sites excluding steroid dienone is 8. The lowest BCUT2D eigenvalue weighted by Crippen LogP contribution is -1.86. The van der Waals surface area contributed by atoms with E-state index in [0.717, 1.165) is 51.4 Å². The van der Waals surface area contributed by atoms with Crippen LogP contribution in [0.5, 0.6) is 17.2 Å². The lowest BCUT2D eigenvalue weighted by Gasteiger charge is -2.03. The van der Waals surface area contributed by atoms with Gasteiger partial charge in [0, 0.05) is 6.42 Å². The molecule has 0 fully saturated rings. The molecule has 0 heterocycles. The molecule has 0 aliphatic heterocycles. The second-order valence-corrected chi connectivity index (χ2v) is 18.3. The van der Waals surface area contributed by atoms with Crippen LogP contribution in [-0.4, -0.2) is 15.3 Å². The summed E-state index contributed by atoms with van der Waals surface area (Å²) >= 11 is 0. The molecular weight excluding hydrogens is 901 g/mol. The number of aryl methyl sites for hydroxylation is 3. The predicted molar refractivity (Wildman–Crippen MR) is 333 cm³/mol. The van der Waals surface area contributed by atoms with Gasteiger partial charge in [-0.2, -0.15) is 0 Å². The number of hydrogen-bond donors (Lipinski definition) is 3. The van der Waals surface area contributed by atoms with Crippen molar-refractivity contribution in [2.75, 3.05) is 0 Å². The van der Waals surface area contributed by atoms with Gasteiger partial charge in [-0.25, -0.2) is 0 Å². The summed E-state index contributed by atoms with van der Waals surface area (Å²) in [4.78, 5) is 0. The molecule has 0 amide bonds. The standard InChI is InChI=1S/C18H26O.C17H26O.C15H22O.C8H15.C6H6.C5H8.C2H6/c1-2-3-4-5-6-7-8-9-10-11-13-17-14-12-15-18(19)16-17;1-2-3-4-5-6-7-8-9-10-12-16-13-11-14-17(18)15-16;1-2-3-4-5-6-7-8-10-14-11-9-12-15(16)13-14;1-3-5-7-8-6-4-2;1-2-4-6-5-3-1;1-3-5-4-2;1-2/h2,4-5,12,14-16,19H,1,3,6-11,13H2;2,11,13-15,18H,1,3-10,12H2;2,9,11-13,16H,1,3-8,10H2;1,3H,4-8H2,2H3;1-6H;3-4H,1-2,5H2;1-2H3/q;;;+1;;;/b5-4-;;;;;;. The maximum absolute atomic E-state index is 9.36. The maximum Gasteiger partial charge on any atom is 0.201 e. The highest BCUT2D eigenvalue weighted by molar-refractivity contribution is 5.28. The minimum Gasteiger partial charge on any atom is -0.508 e. The third-order valence-electron chi connectivity index (χ3n) is 11.5. The molecule has 410 valence electrons. The van der Waals surface area contributed by atoms with E-state index >= 15 is 0 Å². The fourth-order valence-electron chi connectivity index (χ4n) is 7.41. The van der Waals surface area contributed by atoms with Crippen molar-refractivity contribution < 1.29 is 15.3 Å². The molecule has 0 saturated carbocycles. The third-order valence-corrected chi connectivity index (χ3v) is 11.5. The number of aromatic hydroxyl groups is 3. The summed E-state index contributed by atoms with van der Waals surface area (Å²) in [6.45, 7) is 29.5. The molecule has 0 aromatic heterocycles. The number of unbranched alkanes of at least 4 members (excludes halogenated alkanes) is 21. The van der Waals surface area contributed by atoms with E-state index in [1.54, 1.807) is 24.3 Å². The van der Waals surface area contributed by atoms with E-state index in [1.165, 1.54) is 158 Å². The molecular formula is C71H109O3+. The second-order valence-electron chi connectivity index (χ2n) is 18.3. The van der Waals surface area contributed by atoms with Crippen molar-refractivity contribution in [2.45, 2.75) is 213 Å². The van der Waals surface area contributed by atoms with Gasteiger partial charge in [0.25, 0.3) is 0 Å². The molecule has 74 heavy (non-hydrogen) atoms. The van der Waals surface area contributed by atoms with Crippen molar-refractivity contribution in [3.05, 3.63) is 214 Å². The van der Waals surface area contributed by atoms with Crippen LogP contribution >= 0.6 is 0 Å². The minimum absolute atomic E-state index is 0.378. The summed E-state index contributed by atoms with van der Waals surface area (Å²) < 4.78 is 0. The first-order valence-electron chi connectivity index (χ1n) is 28.9. The fraction of sp³-hybridized carbons (Fsp3) is 0.465. The lowest BCUT2D eigenvalue weighted by molar-refractivity contribution is 0.473. The zero-order chi connectivity index (χ0) is 55.1. The van der Waals surface area contributed by atoms with Crippen LogP contribution in [0.4, 0.5) is 0 Å². The van der Waals surface area contributed by atoms with Crippen LogP contribution in [-0.2, 0) is 19.3 Å². The molecule has 0 aliphatic carbocycles. The lowest BCUT2D eigenvalue weighted by atomic mass is 10.0. The average molecular weight is 1010 g/mol. The van der Waals surface area contributed by atoms with E-state index in [4.69, 9.17) is 6.58 Å². The van der Waals surface area contributed by atoms with E-state index in [-0.39, 0.29) is 0 Å². The molecule has 0 radical (unpaired) electrons. The Balaban J connectivity index is -0.000000858. The zero-order valence-electron chi connectivity index (χ0n) is 47.7. The van der Waals surface area contributed by atoms with Gasteiger partial charge in [-0.3, -0.25) is 0 Å². The molecule has 0 saturated heterocycles. The van der Waals surface area contributed by atoms with Gasteiger partial charge in [0.1, 0.15) is 17.2 Å². The molecule has 3 heteroatoms. The highest BCUT2D eigenvalue weighted by Crippen LogP contribution is 2.18. The van der Waals surface area contributed by atoms with Crippen molar-refractivity contribution in [2.24, 2.45) is 0 Å². The van der Waals surface area contributed by atoms with E-state index in [9.17, 15) is 15.3 Å². The first-order valence-corrected chi connectivity index (χ1v) is 28.9. The normalized spacial score (nSPS) is 9.70. The molecule has 0 spiro atoms. The highest BCUT2D eigenvalue weighted by atomic mass is 16.3. The number of phenolic OH excluding ortho intramolecular Hbond substituents is 3. The molecule has 0 unspecified atom stereocenters. The Morgan fingerprint density at radius 2 is 0.662 bits per heavy atom. The van der Waals surface area contributed by atoms with Gasteiger partial charge in [-0.15, -0.1) is 32.9 Å². The topological polar surface area (TPSA) is 60.7 Å².